The SMILES string of the molecule is CC(=O)NCC1CN(c2ccc(N3CCN(C(=O)COC(=O)CO)CC3)c(F)c2)C(=O)O1. The van der Waals surface area contributed by atoms with Gasteiger partial charge >= 0.3 is 12.1 Å². The lowest BCUT2D eigenvalue weighted by molar-refractivity contribution is -0.154. The van der Waals surface area contributed by atoms with E-state index in [2.05, 4.69) is 10.1 Å². The Bertz CT molecular complexity index is 889. The normalized spacial score (nSPS) is 18.4. The van der Waals surface area contributed by atoms with E-state index >= 15 is 0 Å². The van der Waals surface area contributed by atoms with Gasteiger partial charge in [-0.15, -0.1) is 0 Å². The maximum Gasteiger partial charge on any atom is 0.414 e. The summed E-state index contributed by atoms with van der Waals surface area (Å²) in [4.78, 5) is 50.8. The summed E-state index contributed by atoms with van der Waals surface area (Å²) in [7, 11) is 0. The summed E-state index contributed by atoms with van der Waals surface area (Å²) in [6, 6.07) is 4.44. The molecule has 2 aliphatic heterocycles. The van der Waals surface area contributed by atoms with Crippen LogP contribution in [0.5, 0.6) is 0 Å². The van der Waals surface area contributed by atoms with Crippen molar-refractivity contribution in [2.75, 3.05) is 62.3 Å². The summed E-state index contributed by atoms with van der Waals surface area (Å²) >= 11 is 0. The smallest absolute Gasteiger partial charge is 0.414 e. The Morgan fingerprint density at radius 1 is 1.25 bits per heavy atom. The molecule has 12 heteroatoms. The highest BCUT2D eigenvalue weighted by molar-refractivity contribution is 5.90. The van der Waals surface area contributed by atoms with Crippen LogP contribution in [0.15, 0.2) is 18.2 Å². The number of ether oxygens (including phenoxy) is 2. The number of hydrogen-bond donors (Lipinski definition) is 2. The first-order valence-electron chi connectivity index (χ1n) is 10.1. The molecular weight excluding hydrogens is 427 g/mol. The zero-order valence-corrected chi connectivity index (χ0v) is 17.6. The molecule has 0 aliphatic carbocycles. The predicted octanol–water partition coefficient (Wildman–Crippen LogP) is -0.529. The van der Waals surface area contributed by atoms with Crippen LogP contribution in [0.2, 0.25) is 0 Å². The highest BCUT2D eigenvalue weighted by atomic mass is 19.1. The van der Waals surface area contributed by atoms with Gasteiger partial charge in [0.1, 0.15) is 18.5 Å². The lowest BCUT2D eigenvalue weighted by Crippen LogP contribution is -2.50. The van der Waals surface area contributed by atoms with Crippen molar-refractivity contribution in [2.45, 2.75) is 13.0 Å². The van der Waals surface area contributed by atoms with E-state index in [0.717, 1.165) is 0 Å². The summed E-state index contributed by atoms with van der Waals surface area (Å²) < 4.78 is 24.7. The Hall–Kier alpha value is -3.41. The molecular formula is C20H25FN4O7. The largest absolute Gasteiger partial charge is 0.454 e. The fourth-order valence-corrected chi connectivity index (χ4v) is 3.49. The first-order chi connectivity index (χ1) is 15.3. The Balaban J connectivity index is 1.56. The number of piperazine rings is 1. The average molecular weight is 452 g/mol. The van der Waals surface area contributed by atoms with Crippen LogP contribution in [0, 0.1) is 5.82 Å². The number of nitrogens with one attached hydrogen (secondary N) is 1. The lowest BCUT2D eigenvalue weighted by Gasteiger charge is -2.36. The molecule has 2 heterocycles. The molecule has 11 nitrogen and oxygen atoms in total. The number of cyclic esters (lactones) is 1. The van der Waals surface area contributed by atoms with Gasteiger partial charge in [-0.2, -0.15) is 0 Å². The van der Waals surface area contributed by atoms with E-state index < -0.39 is 37.2 Å². The van der Waals surface area contributed by atoms with E-state index in [1.54, 1.807) is 17.0 Å². The Kier molecular flexibility index (Phi) is 7.46. The molecule has 32 heavy (non-hydrogen) atoms. The van der Waals surface area contributed by atoms with E-state index in [4.69, 9.17) is 9.84 Å². The van der Waals surface area contributed by atoms with Crippen LogP contribution in [0.4, 0.5) is 20.6 Å². The van der Waals surface area contributed by atoms with Crippen LogP contribution >= 0.6 is 0 Å². The molecule has 2 saturated heterocycles. The van der Waals surface area contributed by atoms with Crippen molar-refractivity contribution in [2.24, 2.45) is 0 Å². The first kappa shape index (κ1) is 23.3. The number of rotatable bonds is 7. The second kappa shape index (κ2) is 10.3. The third-order valence-electron chi connectivity index (χ3n) is 5.15. The monoisotopic (exact) mass is 452 g/mol. The Morgan fingerprint density at radius 2 is 1.97 bits per heavy atom. The first-order valence-corrected chi connectivity index (χ1v) is 10.1. The fraction of sp³-hybridized carbons (Fsp3) is 0.500. The van der Waals surface area contributed by atoms with Crippen molar-refractivity contribution in [3.05, 3.63) is 24.0 Å². The van der Waals surface area contributed by atoms with Crippen LogP contribution in [0.3, 0.4) is 0 Å². The van der Waals surface area contributed by atoms with Crippen LogP contribution in [-0.2, 0) is 23.9 Å². The molecule has 2 N–H and O–H groups in total. The van der Waals surface area contributed by atoms with Gasteiger partial charge in [-0.05, 0) is 18.2 Å². The van der Waals surface area contributed by atoms with Gasteiger partial charge in [-0.3, -0.25) is 14.5 Å². The summed E-state index contributed by atoms with van der Waals surface area (Å²) in [6.07, 6.45) is -1.13. The van der Waals surface area contributed by atoms with Crippen LogP contribution in [0.25, 0.3) is 0 Å². The zero-order chi connectivity index (χ0) is 23.3. The van der Waals surface area contributed by atoms with Crippen LogP contribution in [-0.4, -0.2) is 92.5 Å². The number of amides is 3. The molecule has 174 valence electrons. The second-order valence-electron chi connectivity index (χ2n) is 7.38. The third kappa shape index (κ3) is 5.63. The highest BCUT2D eigenvalue weighted by Gasteiger charge is 2.33. The van der Waals surface area contributed by atoms with Gasteiger partial charge in [-0.1, -0.05) is 0 Å². The molecule has 1 aromatic rings. The number of aliphatic hydroxyl groups excluding tert-OH is 1. The van der Waals surface area contributed by atoms with Gasteiger partial charge in [-0.25, -0.2) is 14.0 Å². The zero-order valence-electron chi connectivity index (χ0n) is 17.6. The number of carbonyl (C=O) groups is 4. The van der Waals surface area contributed by atoms with Crippen molar-refractivity contribution < 1.29 is 38.1 Å². The fourth-order valence-electron chi connectivity index (χ4n) is 3.49. The van der Waals surface area contributed by atoms with Gasteiger partial charge in [0, 0.05) is 33.1 Å². The maximum atomic E-state index is 14.8. The van der Waals surface area contributed by atoms with E-state index in [0.29, 0.717) is 37.6 Å². The summed E-state index contributed by atoms with van der Waals surface area (Å²) in [6.45, 7) is 1.89. The lowest BCUT2D eigenvalue weighted by atomic mass is 10.2. The van der Waals surface area contributed by atoms with Crippen molar-refractivity contribution >= 4 is 35.3 Å². The molecule has 1 atom stereocenters. The molecule has 2 fully saturated rings. The number of nitrogens with zero attached hydrogens (tertiary/aromatic N) is 3. The maximum absolute atomic E-state index is 14.8. The number of hydrogen-bond acceptors (Lipinski definition) is 8. The van der Waals surface area contributed by atoms with Crippen LogP contribution in [0.1, 0.15) is 6.92 Å². The van der Waals surface area contributed by atoms with E-state index in [1.807, 2.05) is 0 Å². The molecule has 0 radical (unpaired) electrons. The third-order valence-corrected chi connectivity index (χ3v) is 5.15. The van der Waals surface area contributed by atoms with Crippen molar-refractivity contribution in [1.82, 2.24) is 10.2 Å². The second-order valence-corrected chi connectivity index (χ2v) is 7.38. The predicted molar refractivity (Wildman–Crippen MR) is 110 cm³/mol. The number of carbonyl (C=O) groups excluding carboxylic acids is 4. The Labute approximate surface area is 183 Å². The van der Waals surface area contributed by atoms with E-state index in [-0.39, 0.29) is 24.9 Å². The van der Waals surface area contributed by atoms with Crippen molar-refractivity contribution in [3.8, 4) is 0 Å². The van der Waals surface area contributed by atoms with Crippen molar-refractivity contribution in [3.63, 3.8) is 0 Å². The van der Waals surface area contributed by atoms with Gasteiger partial charge < -0.3 is 29.7 Å². The number of benzene rings is 1. The minimum atomic E-state index is -0.873. The molecule has 1 unspecified atom stereocenters. The summed E-state index contributed by atoms with van der Waals surface area (Å²) in [5.74, 6) is -2.01. The van der Waals surface area contributed by atoms with Crippen LogP contribution < -0.4 is 15.1 Å². The molecule has 0 aromatic heterocycles. The summed E-state index contributed by atoms with van der Waals surface area (Å²) in [5.41, 5.74) is 0.691. The average Bonchev–Trinajstić information content (AvgIpc) is 3.16. The number of aliphatic hydroxyl groups is 1. The van der Waals surface area contributed by atoms with Gasteiger partial charge in [0.25, 0.3) is 5.91 Å². The minimum absolute atomic E-state index is 0.181. The van der Waals surface area contributed by atoms with E-state index in [9.17, 15) is 23.6 Å². The molecule has 2 aliphatic rings. The van der Waals surface area contributed by atoms with E-state index in [1.165, 1.54) is 22.8 Å². The minimum Gasteiger partial charge on any atom is -0.454 e. The number of anilines is 2. The Morgan fingerprint density at radius 3 is 2.59 bits per heavy atom. The topological polar surface area (TPSA) is 129 Å². The molecule has 0 saturated carbocycles. The standard InChI is InChI=1S/C20H25FN4O7/c1-13(27)22-9-15-10-25(20(30)32-15)14-2-3-17(16(21)8-14)23-4-6-24(7-5-23)18(28)12-31-19(29)11-26/h2-3,8,15,26H,4-7,9-12H2,1H3,(H,22,27). The molecule has 0 bridgehead atoms. The van der Waals surface area contributed by atoms with Gasteiger partial charge in [0.05, 0.1) is 24.5 Å². The number of halogens is 1. The van der Waals surface area contributed by atoms with Crippen molar-refractivity contribution in [1.29, 1.82) is 0 Å². The van der Waals surface area contributed by atoms with Gasteiger partial charge in [0.2, 0.25) is 5.91 Å². The molecule has 3 rings (SSSR count). The summed E-state index contributed by atoms with van der Waals surface area (Å²) in [5, 5.41) is 11.2. The molecule has 0 spiro atoms. The molecule has 1 aromatic carbocycles. The van der Waals surface area contributed by atoms with Gasteiger partial charge in [0.15, 0.2) is 6.61 Å². The quantitative estimate of drug-likeness (QED) is 0.529. The highest BCUT2D eigenvalue weighted by Crippen LogP contribution is 2.28. The number of esters is 1. The molecule has 3 amide bonds.